The Morgan fingerprint density at radius 2 is 1.64 bits per heavy atom. The van der Waals surface area contributed by atoms with Crippen molar-refractivity contribution in [2.75, 3.05) is 7.05 Å². The third kappa shape index (κ3) is 5.32. The smallest absolute Gasteiger partial charge is 0.222 e. The van der Waals surface area contributed by atoms with E-state index in [2.05, 4.69) is 34.6 Å². The Balaban J connectivity index is 1.32. The second kappa shape index (κ2) is 10.7. The number of nitrogens with zero attached hydrogens (tertiary/aromatic N) is 1. The number of ketones is 1. The van der Waals surface area contributed by atoms with Crippen molar-refractivity contribution in [2.45, 2.75) is 143 Å². The molecule has 1 amide bonds. The standard InChI is InChI=1S/C32H55NO3/c1-30(2,3)33(6)28(36)13-11-9-7-8-10-12-22-20-23-21-24(34)16-18-31(23,4)26-17-19-32(5)25(29(22)26)14-15-27(32)35/h22-23,25-27,29,35H,7-21H2,1-6H3/t22-,23+,25+,26+,27+,29+,31+,32+/m1/s1. The minimum absolute atomic E-state index is 0.0987. The van der Waals surface area contributed by atoms with Crippen molar-refractivity contribution >= 4 is 11.7 Å². The molecule has 0 aromatic rings. The normalized spacial score (nSPS) is 40.4. The fraction of sp³-hybridized carbons (Fsp3) is 0.938. The first kappa shape index (κ1) is 28.1. The highest BCUT2D eigenvalue weighted by Gasteiger charge is 2.62. The number of amides is 1. The highest BCUT2D eigenvalue weighted by molar-refractivity contribution is 5.79. The van der Waals surface area contributed by atoms with Gasteiger partial charge in [0.2, 0.25) is 5.91 Å². The summed E-state index contributed by atoms with van der Waals surface area (Å²) in [5, 5.41) is 10.9. The maximum atomic E-state index is 12.4. The number of hydrogen-bond donors (Lipinski definition) is 1. The molecule has 1 N–H and O–H groups in total. The van der Waals surface area contributed by atoms with Gasteiger partial charge in [-0.1, -0.05) is 46.0 Å². The average Bonchev–Trinajstić information content (AvgIpc) is 3.12. The van der Waals surface area contributed by atoms with Gasteiger partial charge in [-0.2, -0.15) is 0 Å². The average molecular weight is 502 g/mol. The molecule has 0 saturated heterocycles. The molecule has 4 heteroatoms. The summed E-state index contributed by atoms with van der Waals surface area (Å²) in [6.45, 7) is 11.2. The highest BCUT2D eigenvalue weighted by atomic mass is 16.3. The van der Waals surface area contributed by atoms with Crippen LogP contribution in [0.25, 0.3) is 0 Å². The van der Waals surface area contributed by atoms with Crippen LogP contribution in [0.2, 0.25) is 0 Å². The first-order valence-corrected chi connectivity index (χ1v) is 15.3. The molecule has 36 heavy (non-hydrogen) atoms. The zero-order valence-electron chi connectivity index (χ0n) is 24.3. The predicted molar refractivity (Wildman–Crippen MR) is 146 cm³/mol. The first-order chi connectivity index (χ1) is 16.9. The molecule has 0 radical (unpaired) electrons. The van der Waals surface area contributed by atoms with Crippen molar-refractivity contribution in [3.05, 3.63) is 0 Å². The van der Waals surface area contributed by atoms with Gasteiger partial charge >= 0.3 is 0 Å². The molecular weight excluding hydrogens is 446 g/mol. The summed E-state index contributed by atoms with van der Waals surface area (Å²) in [5.41, 5.74) is 0.342. The fourth-order valence-electron chi connectivity index (χ4n) is 9.25. The van der Waals surface area contributed by atoms with E-state index in [1.54, 1.807) is 0 Å². The Morgan fingerprint density at radius 3 is 2.36 bits per heavy atom. The van der Waals surface area contributed by atoms with E-state index in [0.29, 0.717) is 29.5 Å². The lowest BCUT2D eigenvalue weighted by Gasteiger charge is -2.62. The summed E-state index contributed by atoms with van der Waals surface area (Å²) in [4.78, 5) is 26.7. The molecule has 0 aliphatic heterocycles. The zero-order valence-corrected chi connectivity index (χ0v) is 24.3. The lowest BCUT2D eigenvalue weighted by Crippen LogP contribution is -2.57. The molecule has 4 nitrogen and oxygen atoms in total. The van der Waals surface area contributed by atoms with Crippen molar-refractivity contribution in [1.82, 2.24) is 4.90 Å². The van der Waals surface area contributed by atoms with Crippen LogP contribution in [-0.4, -0.2) is 40.4 Å². The third-order valence-electron chi connectivity index (χ3n) is 12.0. The van der Waals surface area contributed by atoms with Crippen molar-refractivity contribution in [3.8, 4) is 0 Å². The lowest BCUT2D eigenvalue weighted by molar-refractivity contribution is -0.156. The molecule has 4 fully saturated rings. The van der Waals surface area contributed by atoms with Gasteiger partial charge in [0.15, 0.2) is 0 Å². The second-order valence-electron chi connectivity index (χ2n) is 14.8. The molecule has 0 aromatic heterocycles. The molecule has 0 unspecified atom stereocenters. The number of Topliss-reactive ketones (excluding diaryl/α,β-unsaturated/α-hetero) is 1. The van der Waals surface area contributed by atoms with Crippen LogP contribution in [0.1, 0.15) is 131 Å². The van der Waals surface area contributed by atoms with E-state index >= 15 is 0 Å². The van der Waals surface area contributed by atoms with Crippen LogP contribution in [-0.2, 0) is 9.59 Å². The number of hydrogen-bond acceptors (Lipinski definition) is 3. The van der Waals surface area contributed by atoms with E-state index in [-0.39, 0.29) is 23.0 Å². The minimum Gasteiger partial charge on any atom is -0.393 e. The van der Waals surface area contributed by atoms with Gasteiger partial charge in [0.1, 0.15) is 5.78 Å². The number of carbonyl (C=O) groups is 2. The number of aliphatic hydroxyl groups excluding tert-OH is 1. The van der Waals surface area contributed by atoms with Crippen LogP contribution in [0, 0.1) is 40.4 Å². The largest absolute Gasteiger partial charge is 0.393 e. The number of rotatable bonds is 8. The Hall–Kier alpha value is -0.900. The quantitative estimate of drug-likeness (QED) is 0.359. The van der Waals surface area contributed by atoms with Crippen LogP contribution in [0.5, 0.6) is 0 Å². The summed E-state index contributed by atoms with van der Waals surface area (Å²) in [6, 6.07) is 0. The summed E-state index contributed by atoms with van der Waals surface area (Å²) in [7, 11) is 1.92. The van der Waals surface area contributed by atoms with Crippen LogP contribution < -0.4 is 0 Å². The van der Waals surface area contributed by atoms with E-state index in [4.69, 9.17) is 0 Å². The van der Waals surface area contributed by atoms with E-state index < -0.39 is 0 Å². The molecule has 206 valence electrons. The molecule has 0 aromatic carbocycles. The van der Waals surface area contributed by atoms with Gasteiger partial charge in [0.25, 0.3) is 0 Å². The van der Waals surface area contributed by atoms with Crippen molar-refractivity contribution < 1.29 is 14.7 Å². The molecular formula is C32H55NO3. The Morgan fingerprint density at radius 1 is 0.972 bits per heavy atom. The molecule has 0 bridgehead atoms. The van der Waals surface area contributed by atoms with Crippen LogP contribution in [0.3, 0.4) is 0 Å². The van der Waals surface area contributed by atoms with E-state index in [0.717, 1.165) is 56.3 Å². The van der Waals surface area contributed by atoms with Crippen LogP contribution in [0.4, 0.5) is 0 Å². The first-order valence-electron chi connectivity index (χ1n) is 15.3. The molecule has 8 atom stereocenters. The minimum atomic E-state index is -0.123. The maximum Gasteiger partial charge on any atom is 0.222 e. The van der Waals surface area contributed by atoms with Crippen LogP contribution >= 0.6 is 0 Å². The molecule has 4 saturated carbocycles. The number of fused-ring (bicyclic) bond motifs is 5. The Labute approximate surface area is 221 Å². The van der Waals surface area contributed by atoms with E-state index in [9.17, 15) is 14.7 Å². The molecule has 4 aliphatic carbocycles. The highest BCUT2D eigenvalue weighted by Crippen LogP contribution is 2.67. The summed E-state index contributed by atoms with van der Waals surface area (Å²) in [6.07, 6.45) is 16.3. The summed E-state index contributed by atoms with van der Waals surface area (Å²) >= 11 is 0. The van der Waals surface area contributed by atoms with Crippen LogP contribution in [0.15, 0.2) is 0 Å². The Kier molecular flexibility index (Phi) is 8.35. The van der Waals surface area contributed by atoms with Gasteiger partial charge in [0, 0.05) is 31.8 Å². The van der Waals surface area contributed by atoms with E-state index in [1.165, 1.54) is 51.4 Å². The summed E-state index contributed by atoms with van der Waals surface area (Å²) in [5.74, 6) is 4.20. The van der Waals surface area contributed by atoms with Gasteiger partial charge in [-0.05, 0) is 106 Å². The van der Waals surface area contributed by atoms with Crippen molar-refractivity contribution in [2.24, 2.45) is 40.4 Å². The van der Waals surface area contributed by atoms with Gasteiger partial charge < -0.3 is 10.0 Å². The third-order valence-corrected chi connectivity index (χ3v) is 12.0. The maximum absolute atomic E-state index is 12.4. The second-order valence-corrected chi connectivity index (χ2v) is 14.8. The number of aliphatic hydroxyl groups is 1. The molecule has 4 rings (SSSR count). The number of carbonyl (C=O) groups excluding carboxylic acids is 2. The number of unbranched alkanes of at least 4 members (excludes halogenated alkanes) is 4. The molecule has 4 aliphatic rings. The predicted octanol–water partition coefficient (Wildman–Crippen LogP) is 7.17. The Bertz CT molecular complexity index is 802. The SMILES string of the molecule is CN(C(=O)CCCCCCC[C@@H]1C[C@H]2CC(=O)CC[C@]2(C)[C@H]2CC[C@]3(C)[C@@H](O)CC[C@H]3[C@H]12)C(C)(C)C. The monoisotopic (exact) mass is 501 g/mol. The van der Waals surface area contributed by atoms with Gasteiger partial charge in [-0.3, -0.25) is 9.59 Å². The topological polar surface area (TPSA) is 57.6 Å². The van der Waals surface area contributed by atoms with Gasteiger partial charge in [0.05, 0.1) is 6.10 Å². The lowest BCUT2D eigenvalue weighted by atomic mass is 9.42. The molecule has 0 spiro atoms. The summed E-state index contributed by atoms with van der Waals surface area (Å²) < 4.78 is 0. The molecule has 0 heterocycles. The van der Waals surface area contributed by atoms with Crippen molar-refractivity contribution in [3.63, 3.8) is 0 Å². The van der Waals surface area contributed by atoms with E-state index in [1.807, 2.05) is 11.9 Å². The van der Waals surface area contributed by atoms with Gasteiger partial charge in [-0.25, -0.2) is 0 Å². The fourth-order valence-corrected chi connectivity index (χ4v) is 9.25. The zero-order chi connectivity index (χ0) is 26.3. The van der Waals surface area contributed by atoms with Crippen molar-refractivity contribution in [1.29, 1.82) is 0 Å². The van der Waals surface area contributed by atoms with Gasteiger partial charge in [-0.15, -0.1) is 0 Å².